The molecule has 0 saturated carbocycles. The van der Waals surface area contributed by atoms with E-state index in [0.717, 1.165) is 0 Å². The number of fused-ring (bicyclic) bond motifs is 2. The van der Waals surface area contributed by atoms with Crippen LogP contribution in [0.2, 0.25) is 0 Å². The summed E-state index contributed by atoms with van der Waals surface area (Å²) in [6.45, 7) is 0. The van der Waals surface area contributed by atoms with Gasteiger partial charge in [0.2, 0.25) is 0 Å². The summed E-state index contributed by atoms with van der Waals surface area (Å²) in [4.78, 5) is 0.163. The maximum atomic E-state index is 13.5. The molecule has 0 amide bonds. The van der Waals surface area contributed by atoms with E-state index in [4.69, 9.17) is 4.74 Å². The highest BCUT2D eigenvalue weighted by atomic mass is 32.2. The lowest BCUT2D eigenvalue weighted by atomic mass is 9.95. The highest BCUT2D eigenvalue weighted by Gasteiger charge is 2.65. The van der Waals surface area contributed by atoms with Gasteiger partial charge in [-0.15, -0.1) is 0 Å². The second kappa shape index (κ2) is 6.48. The fraction of sp³-hybridized carbons (Fsp3) is 0.263. The molecule has 2 aromatic carbocycles. The largest absolute Gasteiger partial charge is 0.360 e. The van der Waals surface area contributed by atoms with E-state index in [1.807, 2.05) is 0 Å². The summed E-state index contributed by atoms with van der Waals surface area (Å²) in [6.07, 6.45) is 2.46. The lowest BCUT2D eigenvalue weighted by Crippen LogP contribution is -2.52. The number of hydrogen-bond donors (Lipinski definition) is 1. The molecule has 1 saturated heterocycles. The fourth-order valence-corrected chi connectivity index (χ4v) is 9.23. The van der Waals surface area contributed by atoms with Crippen molar-refractivity contribution >= 4 is 32.3 Å². The van der Waals surface area contributed by atoms with E-state index < -0.39 is 41.9 Å². The van der Waals surface area contributed by atoms with Gasteiger partial charge in [-0.3, -0.25) is 0 Å². The molecule has 0 N–H and O–H groups in total. The fourth-order valence-electron chi connectivity index (χ4n) is 3.86. The Balaban J connectivity index is 1.91. The third kappa shape index (κ3) is 2.77. The van der Waals surface area contributed by atoms with Crippen molar-refractivity contribution in [3.8, 4) is 0 Å². The van der Waals surface area contributed by atoms with Crippen LogP contribution in [-0.2, 0) is 24.4 Å². The molecule has 4 rings (SSSR count). The molecule has 0 spiro atoms. The smallest absolute Gasteiger partial charge is 0.185 e. The van der Waals surface area contributed by atoms with Crippen molar-refractivity contribution < 1.29 is 21.6 Å². The zero-order chi connectivity index (χ0) is 19.3. The van der Waals surface area contributed by atoms with E-state index in [9.17, 15) is 16.8 Å². The number of benzene rings is 2. The third-order valence-electron chi connectivity index (χ3n) is 5.11. The normalized spacial score (nSPS) is 29.9. The van der Waals surface area contributed by atoms with E-state index in [0.29, 0.717) is 0 Å². The van der Waals surface area contributed by atoms with Crippen LogP contribution in [0, 0.1) is 0 Å². The Morgan fingerprint density at radius 1 is 0.852 bits per heavy atom. The van der Waals surface area contributed by atoms with E-state index >= 15 is 0 Å². The van der Waals surface area contributed by atoms with Gasteiger partial charge in [0.1, 0.15) is 16.1 Å². The van der Waals surface area contributed by atoms with Gasteiger partial charge in [-0.05, 0) is 24.3 Å². The van der Waals surface area contributed by atoms with Crippen LogP contribution >= 0.6 is 12.6 Å². The Morgan fingerprint density at radius 3 is 1.89 bits per heavy atom. The van der Waals surface area contributed by atoms with Gasteiger partial charge in [0.15, 0.2) is 19.7 Å². The summed E-state index contributed by atoms with van der Waals surface area (Å²) in [5, 5.41) is -2.51. The highest BCUT2D eigenvalue weighted by molar-refractivity contribution is 7.96. The lowest BCUT2D eigenvalue weighted by Gasteiger charge is -2.32. The minimum absolute atomic E-state index is 0.0670. The van der Waals surface area contributed by atoms with Gasteiger partial charge in [0, 0.05) is 5.75 Å². The molecule has 2 bridgehead atoms. The molecular formula is C19H18O5S3. The summed E-state index contributed by atoms with van der Waals surface area (Å²) >= 11 is 4.30. The van der Waals surface area contributed by atoms with Gasteiger partial charge < -0.3 is 4.74 Å². The van der Waals surface area contributed by atoms with E-state index in [-0.39, 0.29) is 15.5 Å². The van der Waals surface area contributed by atoms with Crippen molar-refractivity contribution in [3.05, 3.63) is 72.8 Å². The number of ether oxygens (including phenoxy) is 1. The van der Waals surface area contributed by atoms with Gasteiger partial charge in [-0.25, -0.2) is 16.8 Å². The number of sulfone groups is 2. The summed E-state index contributed by atoms with van der Waals surface area (Å²) in [6, 6.07) is 15.8. The van der Waals surface area contributed by atoms with Gasteiger partial charge in [-0.1, -0.05) is 48.6 Å². The topological polar surface area (TPSA) is 77.5 Å². The average molecular weight is 423 g/mol. The van der Waals surface area contributed by atoms with Crippen LogP contribution in [0.3, 0.4) is 0 Å². The van der Waals surface area contributed by atoms with Gasteiger partial charge in [0.25, 0.3) is 0 Å². The average Bonchev–Trinajstić information content (AvgIpc) is 3.27. The summed E-state index contributed by atoms with van der Waals surface area (Å²) < 4.78 is 59.6. The molecule has 0 unspecified atom stereocenters. The van der Waals surface area contributed by atoms with Crippen LogP contribution in [-0.4, -0.2) is 44.8 Å². The van der Waals surface area contributed by atoms with Crippen LogP contribution in [0.1, 0.15) is 0 Å². The zero-order valence-electron chi connectivity index (χ0n) is 14.2. The SMILES string of the molecule is O=S(=O)(c1ccccc1)[C@H]1[C@@H]2C=C[C@@](CS)(O2)[C@H]1S(=O)(=O)c1ccccc1. The van der Waals surface area contributed by atoms with Gasteiger partial charge in [0.05, 0.1) is 15.9 Å². The van der Waals surface area contributed by atoms with Gasteiger partial charge >= 0.3 is 0 Å². The molecule has 0 aliphatic carbocycles. The van der Waals surface area contributed by atoms with Crippen LogP contribution in [0.4, 0.5) is 0 Å². The Kier molecular flexibility index (Phi) is 4.50. The molecule has 2 aromatic rings. The van der Waals surface area contributed by atoms with E-state index in [1.54, 1.807) is 48.6 Å². The van der Waals surface area contributed by atoms with Crippen molar-refractivity contribution in [1.82, 2.24) is 0 Å². The standard InChI is InChI=1S/C19H18O5S3/c20-26(21,14-7-3-1-4-8-14)17-16-11-12-19(13-25,24-16)18(17)27(22,23)15-9-5-2-6-10-15/h1-12,16-18,25H,13H2/t16-,17-,18-,19-/m0/s1. The maximum Gasteiger partial charge on any atom is 0.185 e. The second-order valence-electron chi connectivity index (χ2n) is 6.66. The first-order chi connectivity index (χ1) is 12.8. The first-order valence-electron chi connectivity index (χ1n) is 8.39. The monoisotopic (exact) mass is 422 g/mol. The molecule has 4 atom stereocenters. The first-order valence-corrected chi connectivity index (χ1v) is 12.1. The zero-order valence-corrected chi connectivity index (χ0v) is 16.7. The minimum Gasteiger partial charge on any atom is -0.360 e. The molecule has 5 nitrogen and oxygen atoms in total. The second-order valence-corrected chi connectivity index (χ2v) is 11.1. The molecular weight excluding hydrogens is 404 g/mol. The quantitative estimate of drug-likeness (QED) is 0.591. The molecule has 8 heteroatoms. The predicted octanol–water partition coefficient (Wildman–Crippen LogP) is 2.31. The summed E-state index contributed by atoms with van der Waals surface area (Å²) in [5.41, 5.74) is -1.27. The molecule has 0 aromatic heterocycles. The molecule has 142 valence electrons. The van der Waals surface area contributed by atoms with Crippen LogP contribution < -0.4 is 0 Å². The van der Waals surface area contributed by atoms with E-state index in [2.05, 4.69) is 12.6 Å². The van der Waals surface area contributed by atoms with Crippen molar-refractivity contribution in [1.29, 1.82) is 0 Å². The third-order valence-corrected chi connectivity index (χ3v) is 10.3. The van der Waals surface area contributed by atoms with Gasteiger partial charge in [-0.2, -0.15) is 12.6 Å². The lowest BCUT2D eigenvalue weighted by molar-refractivity contribution is 0.0519. The minimum atomic E-state index is -3.98. The number of thiol groups is 1. The summed E-state index contributed by atoms with van der Waals surface area (Å²) in [5.74, 6) is 0.0670. The van der Waals surface area contributed by atoms with Crippen LogP contribution in [0.15, 0.2) is 82.6 Å². The number of hydrogen-bond acceptors (Lipinski definition) is 6. The Bertz CT molecular complexity index is 1080. The molecule has 2 heterocycles. The number of rotatable bonds is 5. The predicted molar refractivity (Wildman–Crippen MR) is 105 cm³/mol. The molecule has 2 aliphatic heterocycles. The molecule has 2 aliphatic rings. The van der Waals surface area contributed by atoms with Crippen molar-refractivity contribution in [2.45, 2.75) is 32.0 Å². The maximum absolute atomic E-state index is 13.5. The molecule has 0 radical (unpaired) electrons. The van der Waals surface area contributed by atoms with Crippen molar-refractivity contribution in [2.75, 3.05) is 5.75 Å². The highest BCUT2D eigenvalue weighted by Crippen LogP contribution is 2.48. The van der Waals surface area contributed by atoms with Crippen molar-refractivity contribution in [3.63, 3.8) is 0 Å². The van der Waals surface area contributed by atoms with E-state index in [1.165, 1.54) is 24.3 Å². The Labute approximate surface area is 164 Å². The molecule has 27 heavy (non-hydrogen) atoms. The molecule has 1 fully saturated rings. The Morgan fingerprint density at radius 2 is 1.37 bits per heavy atom. The first kappa shape index (κ1) is 18.7. The van der Waals surface area contributed by atoms with Crippen LogP contribution in [0.5, 0.6) is 0 Å². The Hall–Kier alpha value is -1.61. The van der Waals surface area contributed by atoms with Crippen LogP contribution in [0.25, 0.3) is 0 Å². The van der Waals surface area contributed by atoms with Crippen molar-refractivity contribution in [2.24, 2.45) is 0 Å². The summed E-state index contributed by atoms with van der Waals surface area (Å²) in [7, 11) is -7.93.